The Balaban J connectivity index is 1.65. The van der Waals surface area contributed by atoms with Crippen LogP contribution in [0, 0.1) is 25.7 Å². The van der Waals surface area contributed by atoms with Gasteiger partial charge in [0.15, 0.2) is 0 Å². The lowest BCUT2D eigenvalue weighted by atomic mass is 9.74. The van der Waals surface area contributed by atoms with Crippen molar-refractivity contribution in [1.82, 2.24) is 10.1 Å². The largest absolute Gasteiger partial charge is 0.378 e. The van der Waals surface area contributed by atoms with Crippen molar-refractivity contribution in [2.24, 2.45) is 11.8 Å². The Hall–Kier alpha value is -2.24. The van der Waals surface area contributed by atoms with Crippen LogP contribution >= 0.6 is 0 Å². The van der Waals surface area contributed by atoms with E-state index < -0.39 is 5.60 Å². The monoisotopic (exact) mass is 392 g/mol. The fourth-order valence-corrected chi connectivity index (χ4v) is 5.05. The smallest absolute Gasteiger partial charge is 0.142 e. The molecule has 0 spiro atoms. The van der Waals surface area contributed by atoms with Gasteiger partial charge in [-0.3, -0.25) is 4.98 Å². The molecule has 5 nitrogen and oxygen atoms in total. The van der Waals surface area contributed by atoms with Crippen molar-refractivity contribution in [2.75, 3.05) is 6.61 Å². The number of nitrogens with zero attached hydrogens (tertiary/aromatic N) is 2. The molecular formula is C24H28N2O3. The Labute approximate surface area is 171 Å². The fourth-order valence-electron chi connectivity index (χ4n) is 5.05. The SMILES string of the molecule is Cc1noc(C)c1C1=CC(C(O)(c2cccnc2)C2CCCO2)=CC(C2CC2)C1. The number of aliphatic hydroxyl groups is 1. The Morgan fingerprint density at radius 1 is 1.21 bits per heavy atom. The maximum atomic E-state index is 12.2. The number of ether oxygens (including phenoxy) is 1. The number of aryl methyl sites for hydroxylation is 2. The van der Waals surface area contributed by atoms with Gasteiger partial charge in [0, 0.05) is 30.1 Å². The second-order valence-electron chi connectivity index (χ2n) is 8.71. The van der Waals surface area contributed by atoms with E-state index in [4.69, 9.17) is 9.26 Å². The summed E-state index contributed by atoms with van der Waals surface area (Å²) < 4.78 is 11.5. The zero-order valence-electron chi connectivity index (χ0n) is 17.1. The quantitative estimate of drug-likeness (QED) is 0.812. The summed E-state index contributed by atoms with van der Waals surface area (Å²) in [5, 5.41) is 16.3. The molecule has 1 saturated carbocycles. The van der Waals surface area contributed by atoms with E-state index in [9.17, 15) is 5.11 Å². The molecule has 29 heavy (non-hydrogen) atoms. The van der Waals surface area contributed by atoms with Crippen molar-refractivity contribution in [2.45, 2.75) is 57.7 Å². The Kier molecular flexibility index (Phi) is 4.67. The van der Waals surface area contributed by atoms with Gasteiger partial charge in [-0.15, -0.1) is 0 Å². The molecule has 2 aromatic heterocycles. The molecule has 5 rings (SSSR count). The van der Waals surface area contributed by atoms with Crippen molar-refractivity contribution in [3.05, 3.63) is 64.8 Å². The summed E-state index contributed by atoms with van der Waals surface area (Å²) in [6.45, 7) is 4.64. The second-order valence-corrected chi connectivity index (χ2v) is 8.71. The Morgan fingerprint density at radius 2 is 2.07 bits per heavy atom. The number of rotatable bonds is 5. The minimum atomic E-state index is -1.21. The first-order chi connectivity index (χ1) is 14.1. The second kappa shape index (κ2) is 7.22. The minimum absolute atomic E-state index is 0.266. The highest BCUT2D eigenvalue weighted by molar-refractivity contribution is 5.73. The van der Waals surface area contributed by atoms with Crippen molar-refractivity contribution in [3.63, 3.8) is 0 Å². The van der Waals surface area contributed by atoms with Crippen LogP contribution in [0.5, 0.6) is 0 Å². The molecule has 1 saturated heterocycles. The zero-order chi connectivity index (χ0) is 20.0. The number of pyridine rings is 1. The van der Waals surface area contributed by atoms with E-state index in [0.717, 1.165) is 47.4 Å². The third-order valence-electron chi connectivity index (χ3n) is 6.70. The molecule has 3 atom stereocenters. The fraction of sp³-hybridized carbons (Fsp3) is 0.500. The van der Waals surface area contributed by atoms with Gasteiger partial charge in [-0.25, -0.2) is 0 Å². The van der Waals surface area contributed by atoms with Gasteiger partial charge >= 0.3 is 0 Å². The maximum Gasteiger partial charge on any atom is 0.142 e. The number of hydrogen-bond acceptors (Lipinski definition) is 5. The molecule has 2 aromatic rings. The van der Waals surface area contributed by atoms with E-state index in [-0.39, 0.29) is 6.10 Å². The van der Waals surface area contributed by atoms with E-state index >= 15 is 0 Å². The van der Waals surface area contributed by atoms with Crippen molar-refractivity contribution >= 4 is 5.57 Å². The van der Waals surface area contributed by atoms with Gasteiger partial charge in [0.05, 0.1) is 11.8 Å². The lowest BCUT2D eigenvalue weighted by Crippen LogP contribution is -2.41. The molecule has 0 radical (unpaired) electrons. The molecule has 5 heteroatoms. The summed E-state index contributed by atoms with van der Waals surface area (Å²) in [5.74, 6) is 1.95. The van der Waals surface area contributed by atoms with Gasteiger partial charge in [0.2, 0.25) is 0 Å². The molecule has 0 amide bonds. The van der Waals surface area contributed by atoms with Crippen LogP contribution in [-0.4, -0.2) is 28.0 Å². The Morgan fingerprint density at radius 3 is 2.69 bits per heavy atom. The third-order valence-corrected chi connectivity index (χ3v) is 6.70. The van der Waals surface area contributed by atoms with Crippen LogP contribution in [0.15, 0.2) is 46.8 Å². The first-order valence-corrected chi connectivity index (χ1v) is 10.7. The van der Waals surface area contributed by atoms with E-state index in [1.165, 1.54) is 18.4 Å². The molecule has 3 unspecified atom stereocenters. The number of aromatic nitrogens is 2. The third kappa shape index (κ3) is 3.26. The number of allylic oxidation sites excluding steroid dienone is 2. The first kappa shape index (κ1) is 18.8. The topological polar surface area (TPSA) is 68.4 Å². The summed E-state index contributed by atoms with van der Waals surface area (Å²) in [7, 11) is 0. The van der Waals surface area contributed by atoms with Crippen LogP contribution in [0.4, 0.5) is 0 Å². The normalized spacial score (nSPS) is 26.7. The van der Waals surface area contributed by atoms with E-state index in [2.05, 4.69) is 22.3 Å². The average Bonchev–Trinajstić information content (AvgIpc) is 3.34. The molecule has 1 N–H and O–H groups in total. The predicted octanol–water partition coefficient (Wildman–Crippen LogP) is 4.49. The molecule has 0 bridgehead atoms. The summed E-state index contributed by atoms with van der Waals surface area (Å²) in [4.78, 5) is 4.29. The summed E-state index contributed by atoms with van der Waals surface area (Å²) in [6, 6.07) is 3.84. The van der Waals surface area contributed by atoms with Gasteiger partial charge in [-0.05, 0) is 75.0 Å². The molecule has 1 aliphatic heterocycles. The van der Waals surface area contributed by atoms with Crippen LogP contribution in [0.2, 0.25) is 0 Å². The highest BCUT2D eigenvalue weighted by Gasteiger charge is 2.46. The molecule has 3 aliphatic rings. The molecule has 152 valence electrons. The molecule has 2 fully saturated rings. The standard InChI is InChI=1S/C24H28N2O3/c1-15-23(16(2)29-26-15)19-11-18(17-7-8-17)12-21(13-19)24(27,22-6-4-10-28-22)20-5-3-9-25-14-20/h3,5,9,12-14,17-18,22,27H,4,6-8,10-11H2,1-2H3. The van der Waals surface area contributed by atoms with Crippen LogP contribution in [-0.2, 0) is 10.3 Å². The van der Waals surface area contributed by atoms with Crippen LogP contribution in [0.25, 0.3) is 5.57 Å². The molecule has 0 aromatic carbocycles. The predicted molar refractivity (Wildman–Crippen MR) is 110 cm³/mol. The van der Waals surface area contributed by atoms with Crippen LogP contribution in [0.3, 0.4) is 0 Å². The van der Waals surface area contributed by atoms with Gasteiger partial charge in [-0.1, -0.05) is 23.4 Å². The summed E-state index contributed by atoms with van der Waals surface area (Å²) in [5.41, 5.74) is 3.71. The maximum absolute atomic E-state index is 12.2. The van der Waals surface area contributed by atoms with E-state index in [1.54, 1.807) is 12.4 Å². The van der Waals surface area contributed by atoms with Gasteiger partial charge in [-0.2, -0.15) is 0 Å². The summed E-state index contributed by atoms with van der Waals surface area (Å²) in [6.07, 6.45) is 13.0. The highest BCUT2D eigenvalue weighted by atomic mass is 16.5. The van der Waals surface area contributed by atoms with Crippen molar-refractivity contribution < 1.29 is 14.4 Å². The highest BCUT2D eigenvalue weighted by Crippen LogP contribution is 2.49. The van der Waals surface area contributed by atoms with Gasteiger partial charge in [0.1, 0.15) is 11.4 Å². The zero-order valence-corrected chi connectivity index (χ0v) is 17.1. The van der Waals surface area contributed by atoms with E-state index in [0.29, 0.717) is 18.4 Å². The minimum Gasteiger partial charge on any atom is -0.378 e. The van der Waals surface area contributed by atoms with Crippen LogP contribution in [0.1, 0.15) is 54.7 Å². The Bertz CT molecular complexity index is 932. The summed E-state index contributed by atoms with van der Waals surface area (Å²) >= 11 is 0. The van der Waals surface area contributed by atoms with Crippen molar-refractivity contribution in [1.29, 1.82) is 0 Å². The molecular weight excluding hydrogens is 364 g/mol. The van der Waals surface area contributed by atoms with Crippen molar-refractivity contribution in [3.8, 4) is 0 Å². The lowest BCUT2D eigenvalue weighted by Gasteiger charge is -2.37. The van der Waals surface area contributed by atoms with Crippen LogP contribution < -0.4 is 0 Å². The molecule has 2 aliphatic carbocycles. The molecule has 3 heterocycles. The first-order valence-electron chi connectivity index (χ1n) is 10.7. The van der Waals surface area contributed by atoms with Gasteiger partial charge < -0.3 is 14.4 Å². The average molecular weight is 392 g/mol. The van der Waals surface area contributed by atoms with E-state index in [1.807, 2.05) is 26.0 Å². The number of hydrogen-bond donors (Lipinski definition) is 1. The van der Waals surface area contributed by atoms with Gasteiger partial charge in [0.25, 0.3) is 0 Å². The lowest BCUT2D eigenvalue weighted by molar-refractivity contribution is -0.0631.